The van der Waals surface area contributed by atoms with Gasteiger partial charge in [-0.3, -0.25) is 9.69 Å². The number of cyclic esters (lactones) is 1. The number of aliphatic hydroxyl groups is 1. The number of carbonyl (C=O) groups is 2. The van der Waals surface area contributed by atoms with Crippen LogP contribution in [0.3, 0.4) is 0 Å². The van der Waals surface area contributed by atoms with Gasteiger partial charge >= 0.3 is 12.1 Å². The van der Waals surface area contributed by atoms with Gasteiger partial charge in [-0.05, 0) is 74.9 Å². The number of anilines is 1. The van der Waals surface area contributed by atoms with Crippen LogP contribution < -0.4 is 4.90 Å². The highest BCUT2D eigenvalue weighted by Crippen LogP contribution is 2.27. The molecule has 1 amide bonds. The molecule has 2 saturated heterocycles. The van der Waals surface area contributed by atoms with Crippen LogP contribution in [-0.4, -0.2) is 104 Å². The summed E-state index contributed by atoms with van der Waals surface area (Å²) in [6.07, 6.45) is 4.14. The molecule has 0 radical (unpaired) electrons. The summed E-state index contributed by atoms with van der Waals surface area (Å²) >= 11 is 0. The van der Waals surface area contributed by atoms with Crippen LogP contribution in [0.4, 0.5) is 14.9 Å². The molecule has 10 heteroatoms. The van der Waals surface area contributed by atoms with E-state index in [0.29, 0.717) is 63.8 Å². The lowest BCUT2D eigenvalue weighted by Gasteiger charge is -2.37. The molecule has 1 aromatic rings. The molecule has 0 aliphatic carbocycles. The van der Waals surface area contributed by atoms with E-state index in [9.17, 15) is 19.1 Å². The zero-order valence-corrected chi connectivity index (χ0v) is 26.9. The molecule has 2 fully saturated rings. The number of nitrogens with zero attached hydrogens (tertiary/aromatic N) is 3. The Hall–Kier alpha value is -2.95. The fourth-order valence-electron chi connectivity index (χ4n) is 6.09. The first kappa shape index (κ1) is 33.9. The number of esters is 1. The summed E-state index contributed by atoms with van der Waals surface area (Å²) in [6.45, 7) is 15.5. The van der Waals surface area contributed by atoms with Gasteiger partial charge in [-0.1, -0.05) is 26.0 Å². The number of rotatable bonds is 5. The number of amides is 1. The van der Waals surface area contributed by atoms with Crippen molar-refractivity contribution in [1.29, 1.82) is 0 Å². The van der Waals surface area contributed by atoms with Crippen molar-refractivity contribution in [2.75, 3.05) is 57.4 Å². The Bertz CT molecular complexity index is 1180. The topological polar surface area (TPSA) is 91.8 Å². The standard InChI is InChI=1S/C34H50FN3O6/c1-23(2)36-10-12-38(13-11-36)34(41)43-31-9-7-25(4)33(44-32(40)22-30(39)8-6-24(31)3)26(5)18-27-19-28(35)21-29(20-27)37-14-16-42-17-15-37/h7,9,18-21,23-25,30-31,33,39H,6,8,10-17,22H2,1-5H3/b9-7-,26-18+/t24-,25+,30-,31-,33+/m0/s1. The van der Waals surface area contributed by atoms with E-state index >= 15 is 0 Å². The van der Waals surface area contributed by atoms with Gasteiger partial charge in [0.25, 0.3) is 0 Å². The van der Waals surface area contributed by atoms with Gasteiger partial charge < -0.3 is 29.1 Å². The highest BCUT2D eigenvalue weighted by molar-refractivity contribution is 5.71. The predicted octanol–water partition coefficient (Wildman–Crippen LogP) is 4.88. The Labute approximate surface area is 261 Å². The van der Waals surface area contributed by atoms with Crippen molar-refractivity contribution in [2.24, 2.45) is 11.8 Å². The molecule has 5 atom stereocenters. The summed E-state index contributed by atoms with van der Waals surface area (Å²) in [5.74, 6) is -1.17. The van der Waals surface area contributed by atoms with Gasteiger partial charge in [0.05, 0.1) is 25.7 Å². The molecule has 0 saturated carbocycles. The van der Waals surface area contributed by atoms with E-state index in [4.69, 9.17) is 14.2 Å². The molecular weight excluding hydrogens is 565 g/mol. The number of halogens is 1. The van der Waals surface area contributed by atoms with Gasteiger partial charge in [0.1, 0.15) is 18.0 Å². The van der Waals surface area contributed by atoms with E-state index in [2.05, 4.69) is 23.6 Å². The first-order valence-corrected chi connectivity index (χ1v) is 16.1. The van der Waals surface area contributed by atoms with E-state index in [1.807, 2.05) is 45.1 Å². The minimum Gasteiger partial charge on any atom is -0.457 e. The maximum absolute atomic E-state index is 14.7. The molecule has 1 aromatic carbocycles. The molecule has 0 spiro atoms. The summed E-state index contributed by atoms with van der Waals surface area (Å²) in [5, 5.41) is 10.6. The average Bonchev–Trinajstić information content (AvgIpc) is 3.00. The second-order valence-corrected chi connectivity index (χ2v) is 12.8. The largest absolute Gasteiger partial charge is 0.457 e. The Kier molecular flexibility index (Phi) is 12.2. The third kappa shape index (κ3) is 9.52. The summed E-state index contributed by atoms with van der Waals surface area (Å²) < 4.78 is 32.1. The second kappa shape index (κ2) is 15.9. The van der Waals surface area contributed by atoms with Crippen LogP contribution in [0.15, 0.2) is 35.9 Å². The van der Waals surface area contributed by atoms with E-state index in [0.717, 1.165) is 24.4 Å². The van der Waals surface area contributed by atoms with Crippen LogP contribution in [0.25, 0.3) is 6.08 Å². The molecule has 0 bridgehead atoms. The molecule has 1 N–H and O–H groups in total. The third-order valence-electron chi connectivity index (χ3n) is 8.92. The van der Waals surface area contributed by atoms with Crippen LogP contribution >= 0.6 is 0 Å². The average molecular weight is 616 g/mol. The van der Waals surface area contributed by atoms with E-state index in [1.165, 1.54) is 12.1 Å². The highest BCUT2D eigenvalue weighted by Gasteiger charge is 2.30. The van der Waals surface area contributed by atoms with Gasteiger partial charge in [-0.2, -0.15) is 0 Å². The first-order valence-electron chi connectivity index (χ1n) is 16.1. The fraction of sp³-hybridized carbons (Fsp3) is 0.647. The second-order valence-electron chi connectivity index (χ2n) is 12.8. The summed E-state index contributed by atoms with van der Waals surface area (Å²) in [6, 6.07) is 5.35. The molecule has 44 heavy (non-hydrogen) atoms. The highest BCUT2D eigenvalue weighted by atomic mass is 19.1. The lowest BCUT2D eigenvalue weighted by Crippen LogP contribution is -2.51. The van der Waals surface area contributed by atoms with Crippen LogP contribution in [-0.2, 0) is 19.0 Å². The number of ether oxygens (including phenoxy) is 3. The smallest absolute Gasteiger partial charge is 0.410 e. The Balaban J connectivity index is 1.53. The fourth-order valence-corrected chi connectivity index (χ4v) is 6.09. The van der Waals surface area contributed by atoms with Gasteiger partial charge in [0.15, 0.2) is 0 Å². The number of hydrogen-bond donors (Lipinski definition) is 1. The zero-order chi connectivity index (χ0) is 31.8. The minimum atomic E-state index is -0.867. The molecule has 4 rings (SSSR count). The minimum absolute atomic E-state index is 0.0644. The number of carbonyl (C=O) groups excluding carboxylic acids is 2. The number of aliphatic hydroxyl groups excluding tert-OH is 1. The lowest BCUT2D eigenvalue weighted by molar-refractivity contribution is -0.151. The molecule has 0 aromatic heterocycles. The molecular formula is C34H50FN3O6. The van der Waals surface area contributed by atoms with E-state index < -0.39 is 24.3 Å². The monoisotopic (exact) mass is 615 g/mol. The number of benzene rings is 1. The van der Waals surface area contributed by atoms with Crippen LogP contribution in [0.5, 0.6) is 0 Å². The molecule has 9 nitrogen and oxygen atoms in total. The molecule has 3 aliphatic heterocycles. The van der Waals surface area contributed by atoms with Crippen molar-refractivity contribution in [3.05, 3.63) is 47.3 Å². The lowest BCUT2D eigenvalue weighted by atomic mass is 9.91. The normalized spacial score (nSPS) is 29.0. The van der Waals surface area contributed by atoms with Gasteiger partial charge in [0.2, 0.25) is 0 Å². The SMILES string of the molecule is C/C(=C\c1cc(F)cc(N2CCOCC2)c1)[C@@H]1OC(=O)C[C@@H](O)CC[C@H](C)[C@@H](OC(=O)N2CCN(C(C)C)CC2)/C=C\[C@H]1C. The molecule has 3 aliphatic rings. The van der Waals surface area contributed by atoms with Gasteiger partial charge in [-0.25, -0.2) is 9.18 Å². The van der Waals surface area contributed by atoms with Crippen molar-refractivity contribution in [2.45, 2.75) is 78.2 Å². The van der Waals surface area contributed by atoms with Gasteiger partial charge in [0, 0.05) is 56.9 Å². The summed E-state index contributed by atoms with van der Waals surface area (Å²) in [7, 11) is 0. The third-order valence-corrected chi connectivity index (χ3v) is 8.92. The summed E-state index contributed by atoms with van der Waals surface area (Å²) in [4.78, 5) is 32.3. The first-order chi connectivity index (χ1) is 21.0. The summed E-state index contributed by atoms with van der Waals surface area (Å²) in [5.41, 5.74) is 2.19. The molecule has 3 heterocycles. The van der Waals surface area contributed by atoms with Crippen molar-refractivity contribution in [3.8, 4) is 0 Å². The Morgan fingerprint density at radius 1 is 1.05 bits per heavy atom. The Morgan fingerprint density at radius 2 is 1.75 bits per heavy atom. The van der Waals surface area contributed by atoms with Crippen LogP contribution in [0, 0.1) is 17.7 Å². The predicted molar refractivity (Wildman–Crippen MR) is 169 cm³/mol. The zero-order valence-electron chi connectivity index (χ0n) is 26.9. The quantitative estimate of drug-likeness (QED) is 0.370. The Morgan fingerprint density at radius 3 is 2.43 bits per heavy atom. The van der Waals surface area contributed by atoms with Crippen molar-refractivity contribution < 1.29 is 33.3 Å². The molecule has 244 valence electrons. The van der Waals surface area contributed by atoms with E-state index in [1.54, 1.807) is 4.90 Å². The maximum atomic E-state index is 14.7. The van der Waals surface area contributed by atoms with Crippen LogP contribution in [0.1, 0.15) is 59.4 Å². The van der Waals surface area contributed by atoms with Gasteiger partial charge in [-0.15, -0.1) is 0 Å². The molecule has 0 unspecified atom stereocenters. The number of piperazine rings is 1. The van der Waals surface area contributed by atoms with E-state index in [-0.39, 0.29) is 30.2 Å². The maximum Gasteiger partial charge on any atom is 0.410 e. The van der Waals surface area contributed by atoms with Crippen molar-refractivity contribution in [1.82, 2.24) is 9.80 Å². The van der Waals surface area contributed by atoms with Crippen LogP contribution in [0.2, 0.25) is 0 Å². The number of hydrogen-bond acceptors (Lipinski definition) is 8. The van der Waals surface area contributed by atoms with Crippen molar-refractivity contribution in [3.63, 3.8) is 0 Å². The number of morpholine rings is 1. The van der Waals surface area contributed by atoms with Crippen molar-refractivity contribution >= 4 is 23.8 Å².